The van der Waals surface area contributed by atoms with E-state index in [1.807, 2.05) is 32.0 Å². The SMILES string of the molecule is CCCC(=O)N(C1CCNC1)S(=O)(=O)c1ccc(NC(=O)c2ccccc2C)c2c1CCC2. The van der Waals surface area contributed by atoms with E-state index < -0.39 is 10.0 Å². The van der Waals surface area contributed by atoms with Gasteiger partial charge < -0.3 is 10.6 Å². The van der Waals surface area contributed by atoms with Crippen molar-refractivity contribution in [2.24, 2.45) is 0 Å². The van der Waals surface area contributed by atoms with Gasteiger partial charge in [-0.15, -0.1) is 0 Å². The number of nitrogens with one attached hydrogen (secondary N) is 2. The minimum Gasteiger partial charge on any atom is -0.322 e. The van der Waals surface area contributed by atoms with E-state index in [4.69, 9.17) is 0 Å². The molecule has 1 fully saturated rings. The number of carbonyl (C=O) groups excluding carboxylic acids is 2. The highest BCUT2D eigenvalue weighted by molar-refractivity contribution is 7.89. The van der Waals surface area contributed by atoms with Gasteiger partial charge in [-0.1, -0.05) is 25.1 Å². The van der Waals surface area contributed by atoms with E-state index in [9.17, 15) is 18.0 Å². The Morgan fingerprint density at radius 2 is 1.88 bits per heavy atom. The summed E-state index contributed by atoms with van der Waals surface area (Å²) in [6, 6.07) is 10.2. The van der Waals surface area contributed by atoms with Crippen LogP contribution in [0.25, 0.3) is 0 Å². The minimum atomic E-state index is -4.00. The molecule has 1 unspecified atom stereocenters. The molecule has 2 aliphatic rings. The molecule has 0 radical (unpaired) electrons. The van der Waals surface area contributed by atoms with E-state index in [-0.39, 0.29) is 29.2 Å². The average Bonchev–Trinajstić information content (AvgIpc) is 3.47. The average molecular weight is 470 g/mol. The van der Waals surface area contributed by atoms with Crippen molar-refractivity contribution in [2.75, 3.05) is 18.4 Å². The number of aryl methyl sites for hydroxylation is 1. The van der Waals surface area contributed by atoms with E-state index >= 15 is 0 Å². The number of hydrogen-bond donors (Lipinski definition) is 2. The molecule has 1 aliphatic carbocycles. The topological polar surface area (TPSA) is 95.6 Å². The zero-order valence-electron chi connectivity index (χ0n) is 19.2. The highest BCUT2D eigenvalue weighted by Gasteiger charge is 2.39. The third-order valence-electron chi connectivity index (χ3n) is 6.49. The van der Waals surface area contributed by atoms with Crippen LogP contribution in [0.3, 0.4) is 0 Å². The van der Waals surface area contributed by atoms with Crippen molar-refractivity contribution < 1.29 is 18.0 Å². The number of sulfonamides is 1. The lowest BCUT2D eigenvalue weighted by Gasteiger charge is -2.29. The van der Waals surface area contributed by atoms with E-state index in [1.165, 1.54) is 0 Å². The smallest absolute Gasteiger partial charge is 0.267 e. The van der Waals surface area contributed by atoms with E-state index in [0.29, 0.717) is 50.0 Å². The number of nitrogens with zero attached hydrogens (tertiary/aromatic N) is 1. The maximum atomic E-state index is 13.8. The van der Waals surface area contributed by atoms with Gasteiger partial charge in [0.15, 0.2) is 0 Å². The maximum Gasteiger partial charge on any atom is 0.267 e. The third kappa shape index (κ3) is 4.54. The first-order chi connectivity index (χ1) is 15.8. The Balaban J connectivity index is 1.70. The minimum absolute atomic E-state index is 0.195. The molecule has 0 bridgehead atoms. The summed E-state index contributed by atoms with van der Waals surface area (Å²) in [5, 5.41) is 6.15. The number of anilines is 1. The summed E-state index contributed by atoms with van der Waals surface area (Å²) < 4.78 is 28.7. The molecular weight excluding hydrogens is 438 g/mol. The zero-order chi connectivity index (χ0) is 23.6. The summed E-state index contributed by atoms with van der Waals surface area (Å²) in [6.07, 6.45) is 3.51. The Labute approximate surface area is 195 Å². The molecule has 2 amide bonds. The molecule has 2 N–H and O–H groups in total. The molecule has 2 aromatic rings. The lowest BCUT2D eigenvalue weighted by Crippen LogP contribution is -2.45. The summed E-state index contributed by atoms with van der Waals surface area (Å²) in [4.78, 5) is 26.0. The van der Waals surface area contributed by atoms with Crippen molar-refractivity contribution in [3.8, 4) is 0 Å². The summed E-state index contributed by atoms with van der Waals surface area (Å²) in [6.45, 7) is 4.92. The largest absolute Gasteiger partial charge is 0.322 e. The molecular formula is C25H31N3O4S. The normalized spacial score (nSPS) is 17.6. The van der Waals surface area contributed by atoms with Gasteiger partial charge >= 0.3 is 0 Å². The summed E-state index contributed by atoms with van der Waals surface area (Å²) in [5.41, 5.74) is 3.68. The standard InChI is InChI=1S/C25H31N3O4S/c1-3-7-24(29)28(18-14-15-26-16-18)33(31,32)23-13-12-22(20-10-6-11-21(20)23)27-25(30)19-9-5-4-8-17(19)2/h4-5,8-9,12-13,18,26H,3,6-7,10-11,14-16H2,1-2H3,(H,27,30). The Bertz CT molecular complexity index is 1170. The summed E-state index contributed by atoms with van der Waals surface area (Å²) in [7, 11) is -4.00. The van der Waals surface area contributed by atoms with Crippen molar-refractivity contribution in [2.45, 2.75) is 63.3 Å². The third-order valence-corrected chi connectivity index (χ3v) is 8.45. The molecule has 2 aromatic carbocycles. The number of hydrogen-bond acceptors (Lipinski definition) is 5. The molecule has 0 saturated carbocycles. The number of rotatable bonds is 7. The van der Waals surface area contributed by atoms with E-state index in [2.05, 4.69) is 10.6 Å². The molecule has 0 spiro atoms. The van der Waals surface area contributed by atoms with Crippen molar-refractivity contribution >= 4 is 27.5 Å². The Morgan fingerprint density at radius 1 is 1.12 bits per heavy atom. The van der Waals surface area contributed by atoms with Crippen LogP contribution in [0.5, 0.6) is 0 Å². The number of benzene rings is 2. The second-order valence-electron chi connectivity index (χ2n) is 8.78. The Kier molecular flexibility index (Phi) is 6.86. The van der Waals surface area contributed by atoms with Gasteiger partial charge in [-0.3, -0.25) is 9.59 Å². The van der Waals surface area contributed by atoms with Gasteiger partial charge in [0, 0.05) is 24.2 Å². The van der Waals surface area contributed by atoms with Crippen molar-refractivity contribution in [3.05, 3.63) is 58.7 Å². The molecule has 8 heteroatoms. The van der Waals surface area contributed by atoms with Gasteiger partial charge in [-0.05, 0) is 80.5 Å². The zero-order valence-corrected chi connectivity index (χ0v) is 20.0. The molecule has 1 saturated heterocycles. The predicted molar refractivity (Wildman–Crippen MR) is 128 cm³/mol. The van der Waals surface area contributed by atoms with Crippen LogP contribution in [0.2, 0.25) is 0 Å². The Hall–Kier alpha value is -2.71. The second-order valence-corrected chi connectivity index (χ2v) is 10.6. The van der Waals surface area contributed by atoms with Crippen LogP contribution in [0.15, 0.2) is 41.3 Å². The maximum absolute atomic E-state index is 13.8. The van der Waals surface area contributed by atoms with Gasteiger partial charge in [0.05, 0.1) is 10.9 Å². The summed E-state index contributed by atoms with van der Waals surface area (Å²) in [5.74, 6) is -0.565. The van der Waals surface area contributed by atoms with Crippen molar-refractivity contribution in [1.29, 1.82) is 0 Å². The van der Waals surface area contributed by atoms with Crippen LogP contribution in [-0.2, 0) is 27.7 Å². The lowest BCUT2D eigenvalue weighted by atomic mass is 10.1. The molecule has 176 valence electrons. The lowest BCUT2D eigenvalue weighted by molar-refractivity contribution is -0.127. The molecule has 7 nitrogen and oxygen atoms in total. The van der Waals surface area contributed by atoms with Crippen molar-refractivity contribution in [1.82, 2.24) is 9.62 Å². The van der Waals surface area contributed by atoms with Gasteiger partial charge in [-0.25, -0.2) is 12.7 Å². The van der Waals surface area contributed by atoms with Crippen LogP contribution in [0, 0.1) is 6.92 Å². The van der Waals surface area contributed by atoms with Crippen LogP contribution in [0.4, 0.5) is 5.69 Å². The molecule has 1 heterocycles. The number of amides is 2. The van der Waals surface area contributed by atoms with E-state index in [1.54, 1.807) is 18.2 Å². The predicted octanol–water partition coefficient (Wildman–Crippen LogP) is 3.42. The first kappa shape index (κ1) is 23.4. The highest BCUT2D eigenvalue weighted by atomic mass is 32.2. The molecule has 0 aromatic heterocycles. The molecule has 1 aliphatic heterocycles. The Morgan fingerprint density at radius 3 is 2.58 bits per heavy atom. The highest BCUT2D eigenvalue weighted by Crippen LogP contribution is 2.36. The first-order valence-corrected chi connectivity index (χ1v) is 13.1. The molecule has 1 atom stereocenters. The molecule has 4 rings (SSSR count). The fourth-order valence-electron chi connectivity index (χ4n) is 4.85. The van der Waals surface area contributed by atoms with Crippen LogP contribution in [-0.4, -0.2) is 43.7 Å². The van der Waals surface area contributed by atoms with Crippen molar-refractivity contribution in [3.63, 3.8) is 0 Å². The van der Waals surface area contributed by atoms with Gasteiger partial charge in [-0.2, -0.15) is 0 Å². The first-order valence-electron chi connectivity index (χ1n) is 11.6. The van der Waals surface area contributed by atoms with E-state index in [0.717, 1.165) is 27.4 Å². The summed E-state index contributed by atoms with van der Waals surface area (Å²) >= 11 is 0. The van der Waals surface area contributed by atoms with Crippen LogP contribution < -0.4 is 10.6 Å². The molecule has 33 heavy (non-hydrogen) atoms. The fraction of sp³-hybridized carbons (Fsp3) is 0.440. The van der Waals surface area contributed by atoms with Crippen LogP contribution >= 0.6 is 0 Å². The number of fused-ring (bicyclic) bond motifs is 1. The fourth-order valence-corrected chi connectivity index (χ4v) is 6.77. The number of carbonyl (C=O) groups is 2. The van der Waals surface area contributed by atoms with Crippen LogP contribution in [0.1, 0.15) is 59.7 Å². The second kappa shape index (κ2) is 9.65. The van der Waals surface area contributed by atoms with Gasteiger partial charge in [0.25, 0.3) is 15.9 Å². The quantitative estimate of drug-likeness (QED) is 0.648. The van der Waals surface area contributed by atoms with Gasteiger partial charge in [0.2, 0.25) is 5.91 Å². The van der Waals surface area contributed by atoms with Gasteiger partial charge in [0.1, 0.15) is 0 Å². The monoisotopic (exact) mass is 469 g/mol.